The first-order valence-corrected chi connectivity index (χ1v) is 8.15. The molecule has 2 aromatic rings. The predicted octanol–water partition coefficient (Wildman–Crippen LogP) is 2.45. The molecule has 0 saturated carbocycles. The van der Waals surface area contributed by atoms with Crippen LogP contribution in [0.2, 0.25) is 5.02 Å². The molecule has 7 heteroatoms. The van der Waals surface area contributed by atoms with E-state index in [-0.39, 0.29) is 5.91 Å². The third-order valence-corrected chi connectivity index (χ3v) is 4.26. The third kappa shape index (κ3) is 3.01. The molecular formula is C17H18ClN3O3. The SMILES string of the molecule is CCOC(=O)c1c2c(nn1C)CCN(C(=O)c1cccc(Cl)c1)C2. The number of benzene rings is 1. The van der Waals surface area contributed by atoms with Gasteiger partial charge in [0.2, 0.25) is 0 Å². The Balaban J connectivity index is 1.88. The first-order chi connectivity index (χ1) is 11.5. The Morgan fingerprint density at radius 2 is 2.17 bits per heavy atom. The van der Waals surface area contributed by atoms with Gasteiger partial charge in [-0.15, -0.1) is 0 Å². The standard InChI is InChI=1S/C17H18ClN3O3/c1-3-24-17(23)15-13-10-21(8-7-14(13)19-20(15)2)16(22)11-5-4-6-12(18)9-11/h4-6,9H,3,7-8,10H2,1-2H3. The molecular weight excluding hydrogens is 330 g/mol. The first kappa shape index (κ1) is 16.5. The van der Waals surface area contributed by atoms with Crippen LogP contribution in [0.4, 0.5) is 0 Å². The van der Waals surface area contributed by atoms with E-state index in [0.29, 0.717) is 42.4 Å². The maximum absolute atomic E-state index is 12.7. The topological polar surface area (TPSA) is 64.4 Å². The number of hydrogen-bond donors (Lipinski definition) is 0. The molecule has 1 aliphatic rings. The van der Waals surface area contributed by atoms with Crippen molar-refractivity contribution in [1.29, 1.82) is 0 Å². The molecule has 0 spiro atoms. The minimum Gasteiger partial charge on any atom is -0.461 e. The van der Waals surface area contributed by atoms with Crippen molar-refractivity contribution in [2.24, 2.45) is 7.05 Å². The van der Waals surface area contributed by atoms with Crippen molar-refractivity contribution < 1.29 is 14.3 Å². The smallest absolute Gasteiger partial charge is 0.356 e. The largest absolute Gasteiger partial charge is 0.461 e. The fraction of sp³-hybridized carbons (Fsp3) is 0.353. The first-order valence-electron chi connectivity index (χ1n) is 7.78. The number of carbonyl (C=O) groups is 2. The van der Waals surface area contributed by atoms with Gasteiger partial charge < -0.3 is 9.64 Å². The van der Waals surface area contributed by atoms with Crippen molar-refractivity contribution in [2.75, 3.05) is 13.2 Å². The normalized spacial score (nSPS) is 13.5. The third-order valence-electron chi connectivity index (χ3n) is 4.02. The number of aromatic nitrogens is 2. The summed E-state index contributed by atoms with van der Waals surface area (Å²) in [5.74, 6) is -0.521. The number of ether oxygens (including phenoxy) is 1. The van der Waals surface area contributed by atoms with Crippen LogP contribution < -0.4 is 0 Å². The number of amides is 1. The van der Waals surface area contributed by atoms with Crippen molar-refractivity contribution >= 4 is 23.5 Å². The van der Waals surface area contributed by atoms with E-state index in [0.717, 1.165) is 11.3 Å². The number of aryl methyl sites for hydroxylation is 1. The average molecular weight is 348 g/mol. The maximum Gasteiger partial charge on any atom is 0.356 e. The van der Waals surface area contributed by atoms with E-state index >= 15 is 0 Å². The molecule has 0 fully saturated rings. The molecule has 0 aliphatic carbocycles. The molecule has 1 aromatic heterocycles. The molecule has 6 nitrogen and oxygen atoms in total. The summed E-state index contributed by atoms with van der Waals surface area (Å²) in [5.41, 5.74) is 2.55. The van der Waals surface area contributed by atoms with E-state index in [1.54, 1.807) is 43.1 Å². The predicted molar refractivity (Wildman–Crippen MR) is 89.1 cm³/mol. The molecule has 0 atom stereocenters. The highest BCUT2D eigenvalue weighted by atomic mass is 35.5. The summed E-state index contributed by atoms with van der Waals surface area (Å²) in [6, 6.07) is 6.86. The Labute approximate surface area is 145 Å². The quantitative estimate of drug-likeness (QED) is 0.800. The van der Waals surface area contributed by atoms with E-state index in [1.807, 2.05) is 0 Å². The van der Waals surface area contributed by atoms with Crippen LogP contribution >= 0.6 is 11.6 Å². The summed E-state index contributed by atoms with van der Waals surface area (Å²) in [7, 11) is 1.72. The van der Waals surface area contributed by atoms with Crippen LogP contribution in [0.5, 0.6) is 0 Å². The van der Waals surface area contributed by atoms with E-state index in [1.165, 1.54) is 4.68 Å². The van der Waals surface area contributed by atoms with Gasteiger partial charge in [0, 0.05) is 36.2 Å². The lowest BCUT2D eigenvalue weighted by Crippen LogP contribution is -2.36. The summed E-state index contributed by atoms with van der Waals surface area (Å²) in [6.45, 7) is 2.94. The van der Waals surface area contributed by atoms with Crippen LogP contribution in [-0.4, -0.2) is 39.7 Å². The van der Waals surface area contributed by atoms with Gasteiger partial charge in [-0.05, 0) is 25.1 Å². The molecule has 1 aromatic carbocycles. The second-order valence-electron chi connectivity index (χ2n) is 5.60. The van der Waals surface area contributed by atoms with E-state index < -0.39 is 5.97 Å². The second-order valence-corrected chi connectivity index (χ2v) is 6.04. The molecule has 2 heterocycles. The lowest BCUT2D eigenvalue weighted by Gasteiger charge is -2.27. The Morgan fingerprint density at radius 3 is 2.88 bits per heavy atom. The maximum atomic E-state index is 12.7. The molecule has 24 heavy (non-hydrogen) atoms. The zero-order chi connectivity index (χ0) is 17.3. The Kier molecular flexibility index (Phi) is 4.57. The van der Waals surface area contributed by atoms with Crippen molar-refractivity contribution in [1.82, 2.24) is 14.7 Å². The van der Waals surface area contributed by atoms with Crippen molar-refractivity contribution in [2.45, 2.75) is 19.9 Å². The highest BCUT2D eigenvalue weighted by Gasteiger charge is 2.30. The van der Waals surface area contributed by atoms with Gasteiger partial charge in [0.05, 0.1) is 18.8 Å². The zero-order valence-electron chi connectivity index (χ0n) is 13.6. The van der Waals surface area contributed by atoms with E-state index in [4.69, 9.17) is 16.3 Å². The summed E-state index contributed by atoms with van der Waals surface area (Å²) < 4.78 is 6.65. The Bertz CT molecular complexity index is 800. The number of hydrogen-bond acceptors (Lipinski definition) is 4. The fourth-order valence-corrected chi connectivity index (χ4v) is 3.12. The minimum atomic E-state index is -0.411. The highest BCUT2D eigenvalue weighted by Crippen LogP contribution is 2.24. The molecule has 126 valence electrons. The van der Waals surface area contributed by atoms with Crippen LogP contribution in [0, 0.1) is 0 Å². The van der Waals surface area contributed by atoms with Crippen LogP contribution in [0.3, 0.4) is 0 Å². The number of rotatable bonds is 3. The Morgan fingerprint density at radius 1 is 1.38 bits per heavy atom. The van der Waals surface area contributed by atoms with Crippen LogP contribution in [-0.2, 0) is 24.8 Å². The molecule has 0 unspecified atom stereocenters. The summed E-state index contributed by atoms with van der Waals surface area (Å²) >= 11 is 5.97. The zero-order valence-corrected chi connectivity index (χ0v) is 14.3. The molecule has 0 bridgehead atoms. The average Bonchev–Trinajstić information content (AvgIpc) is 2.89. The van der Waals surface area contributed by atoms with Gasteiger partial charge in [-0.2, -0.15) is 5.10 Å². The molecule has 1 aliphatic heterocycles. The molecule has 3 rings (SSSR count). The van der Waals surface area contributed by atoms with Gasteiger partial charge in [0.15, 0.2) is 5.69 Å². The fourth-order valence-electron chi connectivity index (χ4n) is 2.93. The number of nitrogens with zero attached hydrogens (tertiary/aromatic N) is 3. The van der Waals surface area contributed by atoms with Gasteiger partial charge in [-0.3, -0.25) is 9.48 Å². The number of halogens is 1. The number of fused-ring (bicyclic) bond motifs is 1. The van der Waals surface area contributed by atoms with Gasteiger partial charge in [-0.1, -0.05) is 17.7 Å². The van der Waals surface area contributed by atoms with Crippen molar-refractivity contribution in [3.63, 3.8) is 0 Å². The van der Waals surface area contributed by atoms with E-state index in [2.05, 4.69) is 5.10 Å². The second kappa shape index (κ2) is 6.65. The lowest BCUT2D eigenvalue weighted by atomic mass is 10.0. The summed E-state index contributed by atoms with van der Waals surface area (Å²) in [6.07, 6.45) is 0.606. The minimum absolute atomic E-state index is 0.109. The number of carbonyl (C=O) groups excluding carboxylic acids is 2. The number of esters is 1. The molecule has 0 N–H and O–H groups in total. The van der Waals surface area contributed by atoms with Gasteiger partial charge in [-0.25, -0.2) is 4.79 Å². The molecule has 0 saturated heterocycles. The van der Waals surface area contributed by atoms with Gasteiger partial charge in [0.1, 0.15) is 0 Å². The van der Waals surface area contributed by atoms with Crippen molar-refractivity contribution in [3.05, 3.63) is 51.8 Å². The lowest BCUT2D eigenvalue weighted by molar-refractivity contribution is 0.0508. The van der Waals surface area contributed by atoms with Gasteiger partial charge >= 0.3 is 5.97 Å². The van der Waals surface area contributed by atoms with Crippen LogP contribution in [0.25, 0.3) is 0 Å². The highest BCUT2D eigenvalue weighted by molar-refractivity contribution is 6.30. The Hall–Kier alpha value is -2.34. The van der Waals surface area contributed by atoms with Crippen LogP contribution in [0.15, 0.2) is 24.3 Å². The molecule has 1 amide bonds. The molecule has 0 radical (unpaired) electrons. The van der Waals surface area contributed by atoms with Gasteiger partial charge in [0.25, 0.3) is 5.91 Å². The summed E-state index contributed by atoms with van der Waals surface area (Å²) in [5, 5.41) is 4.91. The summed E-state index contributed by atoms with van der Waals surface area (Å²) in [4.78, 5) is 26.6. The van der Waals surface area contributed by atoms with Crippen LogP contribution in [0.1, 0.15) is 39.0 Å². The van der Waals surface area contributed by atoms with E-state index in [9.17, 15) is 9.59 Å². The monoisotopic (exact) mass is 347 g/mol. The van der Waals surface area contributed by atoms with Crippen molar-refractivity contribution in [3.8, 4) is 0 Å².